The van der Waals surface area contributed by atoms with E-state index in [1.807, 2.05) is 6.19 Å². The van der Waals surface area contributed by atoms with E-state index in [0.29, 0.717) is 0 Å². The van der Waals surface area contributed by atoms with Crippen LogP contribution in [-0.2, 0) is 0 Å². The molecule has 78 valence electrons. The molecule has 0 heterocycles. The largest absolute Gasteiger partial charge is 0.327 e. The van der Waals surface area contributed by atoms with Gasteiger partial charge in [0.1, 0.15) is 7.85 Å². The summed E-state index contributed by atoms with van der Waals surface area (Å²) in [6, 6.07) is 0. The lowest BCUT2D eigenvalue weighted by Crippen LogP contribution is -2.43. The first-order valence-corrected chi connectivity index (χ1v) is 5.63. The van der Waals surface area contributed by atoms with E-state index in [-0.39, 0.29) is 0 Å². The van der Waals surface area contributed by atoms with Crippen molar-refractivity contribution in [3.63, 3.8) is 0 Å². The molecule has 0 aliphatic rings. The van der Waals surface area contributed by atoms with Gasteiger partial charge in [-0.05, 0) is 12.8 Å². The van der Waals surface area contributed by atoms with E-state index >= 15 is 0 Å². The fraction of sp³-hybridized carbons (Fsp3) is 0.909. The van der Waals surface area contributed by atoms with Crippen molar-refractivity contribution in [2.45, 2.75) is 64.2 Å². The minimum Gasteiger partial charge on any atom is -0.327 e. The van der Waals surface area contributed by atoms with Crippen molar-refractivity contribution in [2.75, 3.05) is 0 Å². The first-order valence-electron chi connectivity index (χ1n) is 5.63. The summed E-state index contributed by atoms with van der Waals surface area (Å²) < 4.78 is 0. The van der Waals surface area contributed by atoms with Crippen molar-refractivity contribution < 1.29 is 0 Å². The number of nitriles is 1. The van der Waals surface area contributed by atoms with E-state index in [0.717, 1.165) is 32.1 Å². The number of nitrogens with zero attached hydrogens (tertiary/aromatic N) is 1. The molecule has 0 amide bonds. The summed E-state index contributed by atoms with van der Waals surface area (Å²) in [6.07, 6.45) is 9.45. The predicted octanol–water partition coefficient (Wildman–Crippen LogP) is 2.69. The van der Waals surface area contributed by atoms with Gasteiger partial charge in [-0.2, -0.15) is 5.26 Å². The molecule has 0 aliphatic carbocycles. The fourth-order valence-electron chi connectivity index (χ4n) is 1.54. The molecule has 1 atom stereocenters. The second-order valence-electron chi connectivity index (χ2n) is 3.95. The average molecular weight is 192 g/mol. The maximum atomic E-state index is 8.62. The Bertz CT molecular complexity index is 177. The van der Waals surface area contributed by atoms with Crippen molar-refractivity contribution in [3.8, 4) is 6.19 Å². The maximum Gasteiger partial charge on any atom is 0.176 e. The molecule has 14 heavy (non-hydrogen) atoms. The zero-order valence-electron chi connectivity index (χ0n) is 9.47. The van der Waals surface area contributed by atoms with Crippen LogP contribution in [0.1, 0.15) is 58.8 Å². The van der Waals surface area contributed by atoms with Crippen LogP contribution in [0.5, 0.6) is 0 Å². The Balaban J connectivity index is 3.90. The van der Waals surface area contributed by atoms with E-state index in [9.17, 15) is 0 Å². The summed E-state index contributed by atoms with van der Waals surface area (Å²) >= 11 is 0. The van der Waals surface area contributed by atoms with Gasteiger partial charge < -0.3 is 5.32 Å². The predicted molar refractivity (Wildman–Crippen MR) is 60.9 cm³/mol. The molecule has 0 fully saturated rings. The highest BCUT2D eigenvalue weighted by Crippen LogP contribution is 2.18. The van der Waals surface area contributed by atoms with E-state index < -0.39 is 5.44 Å². The lowest BCUT2D eigenvalue weighted by Gasteiger charge is -2.28. The normalized spacial score (nSPS) is 14.4. The summed E-state index contributed by atoms with van der Waals surface area (Å²) in [5.74, 6) is 0. The Kier molecular flexibility index (Phi) is 7.37. The third-order valence-corrected chi connectivity index (χ3v) is 2.51. The van der Waals surface area contributed by atoms with Crippen LogP contribution in [0.4, 0.5) is 0 Å². The van der Waals surface area contributed by atoms with Crippen LogP contribution >= 0.6 is 0 Å². The first-order chi connectivity index (χ1) is 6.68. The Hall–Kier alpha value is -0.645. The average Bonchev–Trinajstić information content (AvgIpc) is 2.16. The molecule has 3 heteroatoms. The third-order valence-electron chi connectivity index (χ3n) is 2.51. The highest BCUT2D eigenvalue weighted by molar-refractivity contribution is 6.15. The zero-order chi connectivity index (χ0) is 10.9. The van der Waals surface area contributed by atoms with Crippen LogP contribution in [0.3, 0.4) is 0 Å². The van der Waals surface area contributed by atoms with Gasteiger partial charge in [0, 0.05) is 5.44 Å². The van der Waals surface area contributed by atoms with E-state index in [4.69, 9.17) is 13.1 Å². The molecule has 0 saturated carbocycles. The standard InChI is InChI=1S/C11H21BN2/c1-3-5-7-9-11(12,14-10-13)8-6-4-2/h14H,3-9H2,1-2H3. The highest BCUT2D eigenvalue weighted by Gasteiger charge is 2.21. The van der Waals surface area contributed by atoms with Gasteiger partial charge in [-0.3, -0.25) is 0 Å². The Morgan fingerprint density at radius 1 is 1.14 bits per heavy atom. The zero-order valence-corrected chi connectivity index (χ0v) is 9.47. The topological polar surface area (TPSA) is 35.8 Å². The van der Waals surface area contributed by atoms with Crippen molar-refractivity contribution in [2.24, 2.45) is 0 Å². The monoisotopic (exact) mass is 192 g/mol. The van der Waals surface area contributed by atoms with Crippen molar-refractivity contribution >= 4 is 7.85 Å². The van der Waals surface area contributed by atoms with Crippen LogP contribution in [0, 0.1) is 11.5 Å². The lowest BCUT2D eigenvalue weighted by molar-refractivity contribution is 0.416. The van der Waals surface area contributed by atoms with Gasteiger partial charge in [0.25, 0.3) is 0 Å². The second-order valence-corrected chi connectivity index (χ2v) is 3.95. The van der Waals surface area contributed by atoms with Crippen molar-refractivity contribution in [3.05, 3.63) is 0 Å². The van der Waals surface area contributed by atoms with Crippen LogP contribution in [0.15, 0.2) is 0 Å². The molecule has 0 aromatic rings. The third kappa shape index (κ3) is 5.91. The van der Waals surface area contributed by atoms with E-state index in [1.54, 1.807) is 0 Å². The lowest BCUT2D eigenvalue weighted by atomic mass is 9.70. The van der Waals surface area contributed by atoms with Gasteiger partial charge in [-0.25, -0.2) is 0 Å². The number of nitrogens with one attached hydrogen (secondary N) is 1. The van der Waals surface area contributed by atoms with Crippen LogP contribution in [-0.4, -0.2) is 13.3 Å². The molecule has 0 aliphatic heterocycles. The Morgan fingerprint density at radius 2 is 1.71 bits per heavy atom. The van der Waals surface area contributed by atoms with Gasteiger partial charge in [-0.15, -0.1) is 0 Å². The number of hydrogen-bond donors (Lipinski definition) is 1. The number of rotatable bonds is 8. The van der Waals surface area contributed by atoms with Gasteiger partial charge in [0.05, 0.1) is 0 Å². The van der Waals surface area contributed by atoms with Crippen LogP contribution in [0.2, 0.25) is 0 Å². The highest BCUT2D eigenvalue weighted by atomic mass is 14.9. The fourth-order valence-corrected chi connectivity index (χ4v) is 1.54. The SMILES string of the molecule is [B]C(CCCC)(CCCCC)NC#N. The van der Waals surface area contributed by atoms with Crippen LogP contribution < -0.4 is 5.32 Å². The molecular weight excluding hydrogens is 171 g/mol. The number of hydrogen-bond acceptors (Lipinski definition) is 2. The summed E-state index contributed by atoms with van der Waals surface area (Å²) in [5.41, 5.74) is -0.458. The molecule has 1 unspecified atom stereocenters. The first kappa shape index (κ1) is 13.4. The molecule has 2 radical (unpaired) electrons. The molecular formula is C11H21BN2. The van der Waals surface area contributed by atoms with Gasteiger partial charge in [0.15, 0.2) is 6.19 Å². The summed E-state index contributed by atoms with van der Waals surface area (Å²) in [4.78, 5) is 0. The molecule has 0 rings (SSSR count). The van der Waals surface area contributed by atoms with Gasteiger partial charge in [-0.1, -0.05) is 46.0 Å². The molecule has 0 spiro atoms. The Labute approximate surface area is 89.5 Å². The smallest absolute Gasteiger partial charge is 0.176 e. The van der Waals surface area contributed by atoms with Crippen molar-refractivity contribution in [1.82, 2.24) is 5.32 Å². The molecule has 0 bridgehead atoms. The molecule has 0 aromatic heterocycles. The molecule has 1 N–H and O–H groups in total. The van der Waals surface area contributed by atoms with Gasteiger partial charge in [0.2, 0.25) is 0 Å². The summed E-state index contributed by atoms with van der Waals surface area (Å²) in [5, 5.41) is 11.4. The van der Waals surface area contributed by atoms with E-state index in [2.05, 4.69) is 19.2 Å². The quantitative estimate of drug-likeness (QED) is 0.278. The minimum atomic E-state index is -0.458. The number of unbranched alkanes of at least 4 members (excludes halogenated alkanes) is 3. The maximum absolute atomic E-state index is 8.62. The van der Waals surface area contributed by atoms with E-state index in [1.165, 1.54) is 12.8 Å². The molecule has 2 nitrogen and oxygen atoms in total. The van der Waals surface area contributed by atoms with Crippen LogP contribution in [0.25, 0.3) is 0 Å². The summed E-state index contributed by atoms with van der Waals surface area (Å²) in [6.45, 7) is 4.31. The summed E-state index contributed by atoms with van der Waals surface area (Å²) in [7, 11) is 6.10. The van der Waals surface area contributed by atoms with Crippen molar-refractivity contribution in [1.29, 1.82) is 5.26 Å². The molecule has 0 saturated heterocycles. The Morgan fingerprint density at radius 3 is 2.21 bits per heavy atom. The van der Waals surface area contributed by atoms with Gasteiger partial charge >= 0.3 is 0 Å². The molecule has 0 aromatic carbocycles. The second kappa shape index (κ2) is 7.73. The minimum absolute atomic E-state index is 0.458.